The van der Waals surface area contributed by atoms with E-state index in [0.717, 1.165) is 116 Å². The molecule has 0 rings (SSSR count). The molecule has 0 saturated heterocycles. The van der Waals surface area contributed by atoms with E-state index >= 15 is 0 Å². The zero-order chi connectivity index (χ0) is 59.9. The van der Waals surface area contributed by atoms with Crippen LogP contribution in [0.4, 0.5) is 0 Å². The van der Waals surface area contributed by atoms with Crippen molar-refractivity contribution >= 4 is 17.9 Å². The summed E-state index contributed by atoms with van der Waals surface area (Å²) in [7, 11) is 0. The first kappa shape index (κ1) is 79.3. The summed E-state index contributed by atoms with van der Waals surface area (Å²) in [6.07, 6.45) is 95.7. The molecule has 6 heteroatoms. The van der Waals surface area contributed by atoms with E-state index in [1.807, 2.05) is 0 Å². The van der Waals surface area contributed by atoms with Gasteiger partial charge < -0.3 is 14.2 Å². The molecule has 0 saturated carbocycles. The molecular formula is C77H134O6. The smallest absolute Gasteiger partial charge is 0.306 e. The zero-order valence-electron chi connectivity index (χ0n) is 54.9. The van der Waals surface area contributed by atoms with Crippen molar-refractivity contribution in [1.82, 2.24) is 0 Å². The molecule has 0 aromatic carbocycles. The summed E-state index contributed by atoms with van der Waals surface area (Å²) in [5.41, 5.74) is 0. The van der Waals surface area contributed by atoms with Gasteiger partial charge in [-0.2, -0.15) is 0 Å². The Kier molecular flexibility index (Phi) is 67.7. The molecule has 0 aliphatic rings. The Morgan fingerprint density at radius 3 is 0.735 bits per heavy atom. The van der Waals surface area contributed by atoms with Gasteiger partial charge in [-0.05, 0) is 122 Å². The van der Waals surface area contributed by atoms with E-state index in [1.165, 1.54) is 199 Å². The maximum absolute atomic E-state index is 13.0. The lowest BCUT2D eigenvalue weighted by Gasteiger charge is -2.18. The van der Waals surface area contributed by atoms with Crippen molar-refractivity contribution in [3.63, 3.8) is 0 Å². The second-order valence-electron chi connectivity index (χ2n) is 23.8. The zero-order valence-corrected chi connectivity index (χ0v) is 54.9. The van der Waals surface area contributed by atoms with Gasteiger partial charge in [-0.25, -0.2) is 0 Å². The van der Waals surface area contributed by atoms with E-state index < -0.39 is 6.10 Å². The molecule has 0 fully saturated rings. The number of allylic oxidation sites excluding steroid dienone is 16. The highest BCUT2D eigenvalue weighted by Gasteiger charge is 2.19. The van der Waals surface area contributed by atoms with Crippen LogP contribution in [0.15, 0.2) is 97.2 Å². The van der Waals surface area contributed by atoms with Gasteiger partial charge in [-0.1, -0.05) is 311 Å². The Bertz CT molecular complexity index is 1610. The highest BCUT2D eigenvalue weighted by atomic mass is 16.6. The van der Waals surface area contributed by atoms with E-state index in [9.17, 15) is 14.4 Å². The average molecular weight is 1160 g/mol. The highest BCUT2D eigenvalue weighted by Crippen LogP contribution is 2.17. The fraction of sp³-hybridized carbons (Fsp3) is 0.753. The number of carbonyl (C=O) groups excluding carboxylic acids is 3. The van der Waals surface area contributed by atoms with E-state index in [0.29, 0.717) is 19.3 Å². The Labute approximate surface area is 515 Å². The molecule has 0 aromatic rings. The minimum atomic E-state index is -0.790. The van der Waals surface area contributed by atoms with Crippen LogP contribution < -0.4 is 0 Å². The van der Waals surface area contributed by atoms with Crippen molar-refractivity contribution < 1.29 is 28.6 Å². The number of carbonyl (C=O) groups is 3. The van der Waals surface area contributed by atoms with Crippen LogP contribution in [0, 0.1) is 0 Å². The fourth-order valence-electron chi connectivity index (χ4n) is 10.2. The summed E-state index contributed by atoms with van der Waals surface area (Å²) in [5.74, 6) is -0.890. The monoisotopic (exact) mass is 1160 g/mol. The van der Waals surface area contributed by atoms with Crippen LogP contribution in [-0.4, -0.2) is 37.2 Å². The molecule has 0 aromatic heterocycles. The lowest BCUT2D eigenvalue weighted by atomic mass is 10.0. The Balaban J connectivity index is 4.33. The van der Waals surface area contributed by atoms with Crippen LogP contribution in [0.2, 0.25) is 0 Å². The van der Waals surface area contributed by atoms with E-state index in [2.05, 4.69) is 118 Å². The van der Waals surface area contributed by atoms with Crippen molar-refractivity contribution in [2.45, 2.75) is 361 Å². The van der Waals surface area contributed by atoms with E-state index in [1.54, 1.807) is 0 Å². The predicted molar refractivity (Wildman–Crippen MR) is 362 cm³/mol. The van der Waals surface area contributed by atoms with E-state index in [-0.39, 0.29) is 31.1 Å². The first-order valence-electron chi connectivity index (χ1n) is 35.7. The largest absolute Gasteiger partial charge is 0.462 e. The fourth-order valence-corrected chi connectivity index (χ4v) is 10.2. The first-order valence-corrected chi connectivity index (χ1v) is 35.7. The molecule has 1 unspecified atom stereocenters. The average Bonchev–Trinajstić information content (AvgIpc) is 3.49. The topological polar surface area (TPSA) is 78.9 Å². The van der Waals surface area contributed by atoms with Gasteiger partial charge in [0.15, 0.2) is 6.10 Å². The van der Waals surface area contributed by atoms with Crippen LogP contribution in [0.3, 0.4) is 0 Å². The lowest BCUT2D eigenvalue weighted by Crippen LogP contribution is -2.30. The van der Waals surface area contributed by atoms with Gasteiger partial charge in [0, 0.05) is 19.3 Å². The van der Waals surface area contributed by atoms with Gasteiger partial charge in [0.2, 0.25) is 0 Å². The molecule has 0 heterocycles. The van der Waals surface area contributed by atoms with E-state index in [4.69, 9.17) is 14.2 Å². The number of rotatable bonds is 65. The Morgan fingerprint density at radius 1 is 0.253 bits per heavy atom. The normalized spacial score (nSPS) is 12.7. The molecule has 0 spiro atoms. The van der Waals surface area contributed by atoms with Crippen molar-refractivity contribution in [3.8, 4) is 0 Å². The Hall–Kier alpha value is -3.67. The standard InChI is InChI=1S/C77H134O6/c1-4-7-10-13-16-19-22-25-28-30-32-34-36-38-40-42-44-46-49-52-55-58-61-64-67-70-76(79)82-73-74(72-81-75(78)69-66-63-60-57-54-51-48-27-24-21-18-15-12-9-6-3)83-77(80)71-68-65-62-59-56-53-50-47-45-43-41-39-37-35-33-31-29-26-23-20-17-14-11-8-5-2/h9,12,18,21-23,25-27,30-33,36,38,48,74H,4-8,10-11,13-17,19-20,24,28-29,34-35,37,39-47,49-73H2,1-3H3/b12-9-,21-18-,25-22-,26-23-,32-30-,33-31-,38-36-,48-27-. The number of ether oxygens (including phenoxy) is 3. The van der Waals surface area contributed by atoms with Crippen molar-refractivity contribution in [3.05, 3.63) is 97.2 Å². The lowest BCUT2D eigenvalue weighted by molar-refractivity contribution is -0.167. The SMILES string of the molecule is CC/C=C\C/C=C\C/C=C\CCCCCCCC(=O)OCC(COC(=O)CCCCCCCCCCCC/C=C\C/C=C\C/C=C\CCCCCCC)OC(=O)CCCCCCCCCCCCCCC/C=C\C/C=C\CCCCCCC. The van der Waals surface area contributed by atoms with Gasteiger partial charge in [0.05, 0.1) is 0 Å². The summed E-state index contributed by atoms with van der Waals surface area (Å²) in [5, 5.41) is 0. The van der Waals surface area contributed by atoms with Crippen molar-refractivity contribution in [1.29, 1.82) is 0 Å². The summed E-state index contributed by atoms with van der Waals surface area (Å²) in [6, 6.07) is 0. The predicted octanol–water partition coefficient (Wildman–Crippen LogP) is 24.8. The minimum Gasteiger partial charge on any atom is -0.462 e. The molecule has 83 heavy (non-hydrogen) atoms. The second kappa shape index (κ2) is 70.8. The molecule has 0 bridgehead atoms. The molecule has 0 aliphatic carbocycles. The van der Waals surface area contributed by atoms with Crippen LogP contribution in [-0.2, 0) is 28.6 Å². The van der Waals surface area contributed by atoms with Crippen LogP contribution in [0.25, 0.3) is 0 Å². The second-order valence-corrected chi connectivity index (χ2v) is 23.8. The van der Waals surface area contributed by atoms with Crippen LogP contribution in [0.5, 0.6) is 0 Å². The Morgan fingerprint density at radius 2 is 0.470 bits per heavy atom. The molecule has 1 atom stereocenters. The third-order valence-corrected chi connectivity index (χ3v) is 15.5. The van der Waals surface area contributed by atoms with Crippen molar-refractivity contribution in [2.24, 2.45) is 0 Å². The first-order chi connectivity index (χ1) is 41.0. The molecule has 0 N–H and O–H groups in total. The molecule has 6 nitrogen and oxygen atoms in total. The minimum absolute atomic E-state index is 0.0841. The summed E-state index contributed by atoms with van der Waals surface area (Å²) in [4.78, 5) is 38.5. The molecule has 0 radical (unpaired) electrons. The van der Waals surface area contributed by atoms with Gasteiger partial charge in [0.1, 0.15) is 13.2 Å². The molecule has 478 valence electrons. The number of hydrogen-bond donors (Lipinski definition) is 0. The van der Waals surface area contributed by atoms with Gasteiger partial charge in [-0.15, -0.1) is 0 Å². The third-order valence-electron chi connectivity index (χ3n) is 15.5. The van der Waals surface area contributed by atoms with Crippen molar-refractivity contribution in [2.75, 3.05) is 13.2 Å². The number of hydrogen-bond acceptors (Lipinski definition) is 6. The van der Waals surface area contributed by atoms with Gasteiger partial charge in [0.25, 0.3) is 0 Å². The van der Waals surface area contributed by atoms with Gasteiger partial charge in [-0.3, -0.25) is 14.4 Å². The summed E-state index contributed by atoms with van der Waals surface area (Å²) in [6.45, 7) is 6.53. The summed E-state index contributed by atoms with van der Waals surface area (Å²) >= 11 is 0. The molecule has 0 amide bonds. The van der Waals surface area contributed by atoms with Crippen LogP contribution in [0.1, 0.15) is 355 Å². The number of esters is 3. The van der Waals surface area contributed by atoms with Gasteiger partial charge >= 0.3 is 17.9 Å². The molecular weight excluding hydrogens is 1020 g/mol. The maximum Gasteiger partial charge on any atom is 0.306 e. The van der Waals surface area contributed by atoms with Crippen LogP contribution >= 0.6 is 0 Å². The maximum atomic E-state index is 13.0. The number of unbranched alkanes of at least 4 members (excludes halogenated alkanes) is 38. The third kappa shape index (κ3) is 69.0. The highest BCUT2D eigenvalue weighted by molar-refractivity contribution is 5.71. The quantitative estimate of drug-likeness (QED) is 0.0261. The summed E-state index contributed by atoms with van der Waals surface area (Å²) < 4.78 is 17.0. The molecule has 0 aliphatic heterocycles.